The van der Waals surface area contributed by atoms with Crippen molar-refractivity contribution >= 4 is 12.1 Å². The second-order valence-corrected chi connectivity index (χ2v) is 6.01. The summed E-state index contributed by atoms with van der Waals surface area (Å²) >= 11 is 0. The van der Waals surface area contributed by atoms with Crippen LogP contribution in [-0.2, 0) is 9.59 Å². The molecule has 0 aromatic rings. The Balaban J connectivity index is 0.000000191. The van der Waals surface area contributed by atoms with E-state index in [1.165, 1.54) is 12.8 Å². The second-order valence-electron chi connectivity index (χ2n) is 6.01. The SMILES string of the molecule is CC(=O)C1CCCN(C)C1.CN1CCCC(C=O)C1. The van der Waals surface area contributed by atoms with Crippen LogP contribution in [0.1, 0.15) is 32.6 Å². The van der Waals surface area contributed by atoms with Crippen molar-refractivity contribution in [1.82, 2.24) is 9.80 Å². The van der Waals surface area contributed by atoms with Crippen molar-refractivity contribution in [3.05, 3.63) is 0 Å². The minimum atomic E-state index is 0.309. The highest BCUT2D eigenvalue weighted by Crippen LogP contribution is 2.15. The Morgan fingerprint density at radius 1 is 1.05 bits per heavy atom. The predicted octanol–water partition coefficient (Wildman–Crippen LogP) is 1.44. The zero-order valence-electron chi connectivity index (χ0n) is 12.6. The molecule has 110 valence electrons. The number of aldehydes is 1. The number of likely N-dealkylation sites (tertiary alicyclic amines) is 2. The van der Waals surface area contributed by atoms with Crippen LogP contribution in [0.4, 0.5) is 0 Å². The van der Waals surface area contributed by atoms with Gasteiger partial charge in [0.15, 0.2) is 0 Å². The molecule has 19 heavy (non-hydrogen) atoms. The van der Waals surface area contributed by atoms with Crippen molar-refractivity contribution in [3.63, 3.8) is 0 Å². The first kappa shape index (κ1) is 16.3. The molecule has 2 aliphatic rings. The fourth-order valence-electron chi connectivity index (χ4n) is 2.82. The first-order valence-corrected chi connectivity index (χ1v) is 7.35. The first-order valence-electron chi connectivity index (χ1n) is 7.35. The third-order valence-electron chi connectivity index (χ3n) is 4.05. The van der Waals surface area contributed by atoms with Crippen LogP contribution in [0.25, 0.3) is 0 Å². The van der Waals surface area contributed by atoms with Gasteiger partial charge in [-0.1, -0.05) is 0 Å². The van der Waals surface area contributed by atoms with Crippen LogP contribution in [0.2, 0.25) is 0 Å². The zero-order valence-corrected chi connectivity index (χ0v) is 12.6. The Labute approximate surface area is 117 Å². The van der Waals surface area contributed by atoms with Crippen molar-refractivity contribution in [1.29, 1.82) is 0 Å². The molecule has 4 heteroatoms. The molecule has 0 spiro atoms. The summed E-state index contributed by atoms with van der Waals surface area (Å²) in [6, 6.07) is 0. The summed E-state index contributed by atoms with van der Waals surface area (Å²) in [5, 5.41) is 0. The highest BCUT2D eigenvalue weighted by molar-refractivity contribution is 5.78. The average molecular weight is 268 g/mol. The summed E-state index contributed by atoms with van der Waals surface area (Å²) in [5.74, 6) is 0.981. The van der Waals surface area contributed by atoms with Gasteiger partial charge in [0.25, 0.3) is 0 Å². The number of rotatable bonds is 2. The van der Waals surface area contributed by atoms with E-state index in [1.54, 1.807) is 6.92 Å². The van der Waals surface area contributed by atoms with Gasteiger partial charge in [0.1, 0.15) is 12.1 Å². The van der Waals surface area contributed by atoms with E-state index in [1.807, 2.05) is 0 Å². The Morgan fingerprint density at radius 3 is 2.00 bits per heavy atom. The third kappa shape index (κ3) is 6.30. The predicted molar refractivity (Wildman–Crippen MR) is 77.2 cm³/mol. The average Bonchev–Trinajstić information content (AvgIpc) is 2.39. The quantitative estimate of drug-likeness (QED) is 0.711. The minimum Gasteiger partial charge on any atom is -0.306 e. The lowest BCUT2D eigenvalue weighted by Crippen LogP contribution is -2.35. The number of carbonyl (C=O) groups excluding carboxylic acids is 2. The van der Waals surface area contributed by atoms with Crippen molar-refractivity contribution in [2.45, 2.75) is 32.6 Å². The van der Waals surface area contributed by atoms with Gasteiger partial charge in [0.2, 0.25) is 0 Å². The van der Waals surface area contributed by atoms with E-state index in [2.05, 4.69) is 23.9 Å². The molecular weight excluding hydrogens is 240 g/mol. The topological polar surface area (TPSA) is 40.6 Å². The number of nitrogens with zero attached hydrogens (tertiary/aromatic N) is 2. The molecule has 0 radical (unpaired) electrons. The molecule has 0 amide bonds. The van der Waals surface area contributed by atoms with Gasteiger partial charge in [-0.2, -0.15) is 0 Å². The van der Waals surface area contributed by atoms with E-state index in [9.17, 15) is 9.59 Å². The maximum absolute atomic E-state index is 10.9. The highest BCUT2D eigenvalue weighted by Gasteiger charge is 2.20. The Kier molecular flexibility index (Phi) is 7.24. The van der Waals surface area contributed by atoms with E-state index < -0.39 is 0 Å². The van der Waals surface area contributed by atoms with E-state index in [0.717, 1.165) is 45.3 Å². The molecule has 2 aliphatic heterocycles. The molecule has 2 atom stereocenters. The van der Waals surface area contributed by atoms with Gasteiger partial charge in [-0.15, -0.1) is 0 Å². The molecule has 4 nitrogen and oxygen atoms in total. The summed E-state index contributed by atoms with van der Waals surface area (Å²) in [4.78, 5) is 25.6. The molecule has 2 heterocycles. The van der Waals surface area contributed by atoms with Crippen LogP contribution in [0.5, 0.6) is 0 Å². The summed E-state index contributed by atoms with van der Waals surface area (Å²) in [6.45, 7) is 5.94. The summed E-state index contributed by atoms with van der Waals surface area (Å²) in [5.41, 5.74) is 0. The number of ketones is 1. The molecule has 0 bridgehead atoms. The van der Waals surface area contributed by atoms with E-state index in [-0.39, 0.29) is 0 Å². The van der Waals surface area contributed by atoms with Gasteiger partial charge in [0, 0.05) is 24.9 Å². The maximum atomic E-state index is 10.9. The standard InChI is InChI=1S/C8H15NO.C7H13NO/c1-7(10)8-4-3-5-9(2)6-8;1-8-4-2-3-7(5-8)6-9/h8H,3-6H2,1-2H3;6-7H,2-5H2,1H3. The van der Waals surface area contributed by atoms with Crippen LogP contribution in [-0.4, -0.2) is 62.1 Å². The van der Waals surface area contributed by atoms with Gasteiger partial charge in [-0.05, 0) is 59.8 Å². The molecule has 2 saturated heterocycles. The van der Waals surface area contributed by atoms with Gasteiger partial charge < -0.3 is 14.6 Å². The van der Waals surface area contributed by atoms with Crippen molar-refractivity contribution in [3.8, 4) is 0 Å². The largest absolute Gasteiger partial charge is 0.306 e. The van der Waals surface area contributed by atoms with Crippen LogP contribution < -0.4 is 0 Å². The Hall–Kier alpha value is -0.740. The summed E-state index contributed by atoms with van der Waals surface area (Å²) in [6.07, 6.45) is 5.63. The van der Waals surface area contributed by atoms with Crippen LogP contribution in [0.3, 0.4) is 0 Å². The number of hydrogen-bond donors (Lipinski definition) is 0. The Bertz CT molecular complexity index is 294. The molecule has 0 aromatic heterocycles. The van der Waals surface area contributed by atoms with E-state index in [0.29, 0.717) is 17.6 Å². The summed E-state index contributed by atoms with van der Waals surface area (Å²) in [7, 11) is 4.14. The first-order chi connectivity index (χ1) is 9.02. The van der Waals surface area contributed by atoms with Gasteiger partial charge in [0.05, 0.1) is 0 Å². The third-order valence-corrected chi connectivity index (χ3v) is 4.05. The fraction of sp³-hybridized carbons (Fsp3) is 0.867. The van der Waals surface area contributed by atoms with Gasteiger partial charge in [-0.3, -0.25) is 4.79 Å². The van der Waals surface area contributed by atoms with Crippen molar-refractivity contribution < 1.29 is 9.59 Å². The number of hydrogen-bond acceptors (Lipinski definition) is 4. The highest BCUT2D eigenvalue weighted by atomic mass is 16.1. The van der Waals surface area contributed by atoms with Crippen LogP contribution >= 0.6 is 0 Å². The summed E-state index contributed by atoms with van der Waals surface area (Å²) < 4.78 is 0. The second kappa shape index (κ2) is 8.43. The Morgan fingerprint density at radius 2 is 1.63 bits per heavy atom. The lowest BCUT2D eigenvalue weighted by Gasteiger charge is -2.27. The van der Waals surface area contributed by atoms with Crippen molar-refractivity contribution in [2.24, 2.45) is 11.8 Å². The zero-order chi connectivity index (χ0) is 14.3. The molecule has 2 unspecified atom stereocenters. The molecule has 0 aliphatic carbocycles. The number of carbonyl (C=O) groups is 2. The number of Topliss-reactive ketones (excluding diaryl/α,β-unsaturated/α-hetero) is 1. The van der Waals surface area contributed by atoms with Gasteiger partial charge >= 0.3 is 0 Å². The van der Waals surface area contributed by atoms with Crippen LogP contribution in [0.15, 0.2) is 0 Å². The monoisotopic (exact) mass is 268 g/mol. The van der Waals surface area contributed by atoms with Crippen LogP contribution in [0, 0.1) is 11.8 Å². The molecule has 0 N–H and O–H groups in total. The molecule has 0 saturated carbocycles. The minimum absolute atomic E-state index is 0.309. The molecule has 2 fully saturated rings. The normalized spacial score (nSPS) is 29.2. The maximum Gasteiger partial charge on any atom is 0.134 e. The molecule has 0 aromatic carbocycles. The number of piperidine rings is 2. The van der Waals surface area contributed by atoms with E-state index >= 15 is 0 Å². The molecular formula is C15H28N2O2. The lowest BCUT2D eigenvalue weighted by molar-refractivity contribution is -0.122. The lowest BCUT2D eigenvalue weighted by atomic mass is 9.95. The van der Waals surface area contributed by atoms with E-state index in [4.69, 9.17) is 0 Å². The fourth-order valence-corrected chi connectivity index (χ4v) is 2.82. The molecule has 2 rings (SSSR count). The van der Waals surface area contributed by atoms with Gasteiger partial charge in [-0.25, -0.2) is 0 Å². The smallest absolute Gasteiger partial charge is 0.134 e. The van der Waals surface area contributed by atoms with Crippen molar-refractivity contribution in [2.75, 3.05) is 40.3 Å².